The van der Waals surface area contributed by atoms with Crippen molar-refractivity contribution >= 4 is 19.7 Å². The standard InChI is InChI=1S/C17H23N2O7P/c1-16(2)12-24-27(22,26-17(11-18)8-5-4-6-9-17)25-14(16)15(21)19-10-7-13(20)23-3/h4-6,8,14H,7,9-10,12H2,1-3H3,(H,19,21)/t14-,17?,27-/m0/s1. The number of methoxy groups -OCH3 is 1. The number of nitrogens with zero attached hydrogens (tertiary/aromatic N) is 1. The highest BCUT2D eigenvalue weighted by atomic mass is 31.2. The molecule has 1 unspecified atom stereocenters. The molecule has 0 aromatic carbocycles. The third-order valence-corrected chi connectivity index (χ3v) is 5.59. The number of ether oxygens (including phenoxy) is 1. The Hall–Kier alpha value is -1.98. The van der Waals surface area contributed by atoms with Gasteiger partial charge in [0.2, 0.25) is 5.91 Å². The van der Waals surface area contributed by atoms with Crippen LogP contribution < -0.4 is 5.32 Å². The molecule has 27 heavy (non-hydrogen) atoms. The number of phosphoric acid groups is 1. The van der Waals surface area contributed by atoms with Gasteiger partial charge in [-0.05, 0) is 6.08 Å². The first-order chi connectivity index (χ1) is 12.7. The highest BCUT2D eigenvalue weighted by molar-refractivity contribution is 7.48. The average Bonchev–Trinajstić information content (AvgIpc) is 2.64. The van der Waals surface area contributed by atoms with Crippen molar-refractivity contribution in [3.63, 3.8) is 0 Å². The first-order valence-corrected chi connectivity index (χ1v) is 9.85. The van der Waals surface area contributed by atoms with E-state index in [4.69, 9.17) is 13.6 Å². The van der Waals surface area contributed by atoms with Crippen LogP contribution in [0.4, 0.5) is 0 Å². The normalized spacial score (nSPS) is 31.7. The summed E-state index contributed by atoms with van der Waals surface area (Å²) >= 11 is 0. The van der Waals surface area contributed by atoms with E-state index in [1.54, 1.807) is 32.1 Å². The van der Waals surface area contributed by atoms with Crippen LogP contribution in [0.5, 0.6) is 0 Å². The molecule has 148 valence electrons. The SMILES string of the molecule is COC(=O)CCNC(=O)[C@@H]1O[P@@](=O)(OC2(C#N)C=CC=CC2)OCC1(C)C. The molecule has 1 N–H and O–H groups in total. The molecule has 1 aliphatic carbocycles. The number of carbonyl (C=O) groups excluding carboxylic acids is 2. The maximum atomic E-state index is 13.0. The Morgan fingerprint density at radius 3 is 2.74 bits per heavy atom. The lowest BCUT2D eigenvalue weighted by molar-refractivity contribution is -0.143. The molecule has 1 heterocycles. The Labute approximate surface area is 157 Å². The first-order valence-electron chi connectivity index (χ1n) is 8.39. The van der Waals surface area contributed by atoms with Crippen molar-refractivity contribution in [2.75, 3.05) is 20.3 Å². The van der Waals surface area contributed by atoms with E-state index < -0.39 is 36.8 Å². The minimum absolute atomic E-state index is 0.00524. The molecular weight excluding hydrogens is 375 g/mol. The lowest BCUT2D eigenvalue weighted by atomic mass is 9.87. The van der Waals surface area contributed by atoms with Crippen LogP contribution in [0.2, 0.25) is 0 Å². The summed E-state index contributed by atoms with van der Waals surface area (Å²) in [7, 11) is -2.92. The molecule has 2 aliphatic rings. The van der Waals surface area contributed by atoms with Gasteiger partial charge < -0.3 is 10.1 Å². The second kappa shape index (κ2) is 8.36. The molecule has 3 atom stereocenters. The Morgan fingerprint density at radius 2 is 2.15 bits per heavy atom. The zero-order chi connectivity index (χ0) is 20.1. The van der Waals surface area contributed by atoms with Crippen LogP contribution in [0.1, 0.15) is 26.7 Å². The molecule has 1 amide bonds. The quantitative estimate of drug-likeness (QED) is 0.532. The largest absolute Gasteiger partial charge is 0.477 e. The Morgan fingerprint density at radius 1 is 1.41 bits per heavy atom. The summed E-state index contributed by atoms with van der Waals surface area (Å²) in [6, 6.07) is 1.96. The molecule has 1 aliphatic heterocycles. The van der Waals surface area contributed by atoms with Crippen molar-refractivity contribution in [1.29, 1.82) is 5.26 Å². The monoisotopic (exact) mass is 398 g/mol. The molecule has 0 bridgehead atoms. The van der Waals surface area contributed by atoms with Gasteiger partial charge in [0, 0.05) is 18.4 Å². The van der Waals surface area contributed by atoms with E-state index in [1.807, 2.05) is 6.07 Å². The fourth-order valence-corrected chi connectivity index (χ4v) is 4.39. The number of amides is 1. The van der Waals surface area contributed by atoms with Gasteiger partial charge >= 0.3 is 13.8 Å². The molecule has 0 saturated carbocycles. The first kappa shape index (κ1) is 21.3. The number of nitriles is 1. The topological polar surface area (TPSA) is 124 Å². The van der Waals surface area contributed by atoms with Crippen molar-refractivity contribution in [2.45, 2.75) is 38.4 Å². The van der Waals surface area contributed by atoms with E-state index >= 15 is 0 Å². The van der Waals surface area contributed by atoms with Gasteiger partial charge in [0.05, 0.1) is 20.1 Å². The van der Waals surface area contributed by atoms with Crippen LogP contribution in [0.3, 0.4) is 0 Å². The van der Waals surface area contributed by atoms with E-state index in [0.717, 1.165) is 0 Å². The van der Waals surface area contributed by atoms with Crippen molar-refractivity contribution in [3.8, 4) is 6.07 Å². The highest BCUT2D eigenvalue weighted by Gasteiger charge is 2.52. The molecule has 0 aromatic heterocycles. The van der Waals surface area contributed by atoms with Crippen LogP contribution in [-0.4, -0.2) is 43.8 Å². The zero-order valence-corrected chi connectivity index (χ0v) is 16.4. The second-order valence-corrected chi connectivity index (χ2v) is 8.44. The lowest BCUT2D eigenvalue weighted by Gasteiger charge is -2.41. The number of nitrogens with one attached hydrogen (secondary N) is 1. The van der Waals surface area contributed by atoms with Crippen LogP contribution in [0.25, 0.3) is 0 Å². The number of phosphoric ester groups is 1. The maximum Gasteiger partial charge on any atom is 0.477 e. The van der Waals surface area contributed by atoms with Gasteiger partial charge in [-0.25, -0.2) is 4.57 Å². The number of esters is 1. The van der Waals surface area contributed by atoms with E-state index in [2.05, 4.69) is 10.1 Å². The molecule has 2 rings (SSSR count). The van der Waals surface area contributed by atoms with Crippen LogP contribution >= 0.6 is 7.82 Å². The van der Waals surface area contributed by atoms with Crippen molar-refractivity contribution in [1.82, 2.24) is 5.32 Å². The van der Waals surface area contributed by atoms with Gasteiger partial charge in [-0.2, -0.15) is 5.26 Å². The predicted octanol–water partition coefficient (Wildman–Crippen LogP) is 2.01. The third kappa shape index (κ3) is 5.27. The molecule has 10 heteroatoms. The molecule has 1 fully saturated rings. The van der Waals surface area contributed by atoms with Gasteiger partial charge in [0.15, 0.2) is 11.7 Å². The zero-order valence-electron chi connectivity index (χ0n) is 15.5. The van der Waals surface area contributed by atoms with Crippen molar-refractivity contribution in [3.05, 3.63) is 24.3 Å². The summed E-state index contributed by atoms with van der Waals surface area (Å²) in [5.41, 5.74) is -2.29. The predicted molar refractivity (Wildman–Crippen MR) is 94.2 cm³/mol. The Balaban J connectivity index is 2.09. The highest BCUT2D eigenvalue weighted by Crippen LogP contribution is 2.60. The summed E-state index contributed by atoms with van der Waals surface area (Å²) in [5, 5.41) is 12.0. The van der Waals surface area contributed by atoms with E-state index in [0.29, 0.717) is 0 Å². The minimum Gasteiger partial charge on any atom is -0.469 e. The van der Waals surface area contributed by atoms with Crippen LogP contribution in [0.15, 0.2) is 24.3 Å². The molecule has 0 radical (unpaired) electrons. The molecular formula is C17H23N2O7P. The number of allylic oxidation sites excluding steroid dienone is 2. The van der Waals surface area contributed by atoms with Gasteiger partial charge in [-0.1, -0.05) is 32.1 Å². The summed E-state index contributed by atoms with van der Waals surface area (Å²) in [4.78, 5) is 23.7. The number of rotatable bonds is 6. The molecule has 0 spiro atoms. The van der Waals surface area contributed by atoms with Crippen LogP contribution in [0, 0.1) is 16.7 Å². The summed E-state index contributed by atoms with van der Waals surface area (Å²) < 4.78 is 33.7. The second-order valence-electron chi connectivity index (χ2n) is 6.90. The van der Waals surface area contributed by atoms with E-state index in [-0.39, 0.29) is 26.0 Å². The van der Waals surface area contributed by atoms with Crippen molar-refractivity contribution < 1.29 is 32.5 Å². The molecule has 0 aromatic rings. The van der Waals surface area contributed by atoms with Crippen molar-refractivity contribution in [2.24, 2.45) is 5.41 Å². The van der Waals surface area contributed by atoms with E-state index in [1.165, 1.54) is 13.2 Å². The smallest absolute Gasteiger partial charge is 0.469 e. The van der Waals surface area contributed by atoms with Gasteiger partial charge in [0.25, 0.3) is 0 Å². The number of hydrogen-bond donors (Lipinski definition) is 1. The number of carbonyl (C=O) groups is 2. The maximum absolute atomic E-state index is 13.0. The Kier molecular flexibility index (Phi) is 6.60. The van der Waals surface area contributed by atoms with E-state index in [9.17, 15) is 19.4 Å². The third-order valence-electron chi connectivity index (χ3n) is 4.13. The van der Waals surface area contributed by atoms with Gasteiger partial charge in [0.1, 0.15) is 6.07 Å². The Bertz CT molecular complexity index is 740. The molecule has 9 nitrogen and oxygen atoms in total. The van der Waals surface area contributed by atoms with Gasteiger partial charge in [-0.3, -0.25) is 23.2 Å². The average molecular weight is 398 g/mol. The lowest BCUT2D eigenvalue weighted by Crippen LogP contribution is -2.50. The fourth-order valence-electron chi connectivity index (χ4n) is 2.53. The van der Waals surface area contributed by atoms with Crippen LogP contribution in [-0.2, 0) is 32.5 Å². The summed E-state index contributed by atoms with van der Waals surface area (Å²) in [6.07, 6.45) is 5.52. The van der Waals surface area contributed by atoms with Gasteiger partial charge in [-0.15, -0.1) is 0 Å². The summed E-state index contributed by atoms with van der Waals surface area (Å²) in [5.74, 6) is -1.02. The molecule has 1 saturated heterocycles. The fraction of sp³-hybridized carbons (Fsp3) is 0.588. The summed E-state index contributed by atoms with van der Waals surface area (Å²) in [6.45, 7) is 3.40. The number of hydrogen-bond acceptors (Lipinski definition) is 8. The minimum atomic E-state index is -4.17.